The standard InChI is InChI=1S/C26H26ClF2N5O3S/c1-14(2)22-24(38-13-30-22)32-25(35)31-23(34-9-8-33(26(36)37)12-15(34)3)18-10-19(27)17(11-21(18)29)16-6-4-5-7-20(16)28/h4-7,10-11,13-15H,8-9,12H2,1-3H3,(H,32,35)(H,36,37). The number of urea groups is 1. The third-order valence-corrected chi connectivity index (χ3v) is 7.27. The molecular weight excluding hydrogens is 536 g/mol. The lowest BCUT2D eigenvalue weighted by molar-refractivity contribution is 0.106. The van der Waals surface area contributed by atoms with Crippen molar-refractivity contribution in [3.63, 3.8) is 0 Å². The van der Waals surface area contributed by atoms with Crippen LogP contribution in [0.2, 0.25) is 5.02 Å². The van der Waals surface area contributed by atoms with Gasteiger partial charge in [-0.2, -0.15) is 4.99 Å². The Morgan fingerprint density at radius 2 is 1.92 bits per heavy atom. The molecule has 200 valence electrons. The molecule has 1 saturated heterocycles. The van der Waals surface area contributed by atoms with E-state index in [-0.39, 0.29) is 53.1 Å². The van der Waals surface area contributed by atoms with Crippen molar-refractivity contribution < 1.29 is 23.5 Å². The first kappa shape index (κ1) is 27.5. The minimum absolute atomic E-state index is 0.00450. The van der Waals surface area contributed by atoms with E-state index < -0.39 is 29.8 Å². The molecule has 4 rings (SSSR count). The van der Waals surface area contributed by atoms with Crippen molar-refractivity contribution in [3.05, 3.63) is 69.8 Å². The van der Waals surface area contributed by atoms with Crippen LogP contribution in [0.3, 0.4) is 0 Å². The second-order valence-electron chi connectivity index (χ2n) is 9.15. The molecule has 2 heterocycles. The van der Waals surface area contributed by atoms with Crippen LogP contribution in [0, 0.1) is 11.6 Å². The van der Waals surface area contributed by atoms with E-state index in [1.54, 1.807) is 23.4 Å². The highest BCUT2D eigenvalue weighted by atomic mass is 35.5. The van der Waals surface area contributed by atoms with Crippen LogP contribution in [-0.4, -0.2) is 63.5 Å². The van der Waals surface area contributed by atoms with E-state index >= 15 is 4.39 Å². The first-order valence-electron chi connectivity index (χ1n) is 11.9. The maximum Gasteiger partial charge on any atom is 0.407 e. The zero-order valence-corrected chi connectivity index (χ0v) is 22.5. The Morgan fingerprint density at radius 3 is 2.58 bits per heavy atom. The van der Waals surface area contributed by atoms with E-state index in [0.717, 1.165) is 6.07 Å². The summed E-state index contributed by atoms with van der Waals surface area (Å²) < 4.78 is 30.1. The molecule has 1 unspecified atom stereocenters. The lowest BCUT2D eigenvalue weighted by atomic mass is 10.0. The molecule has 1 fully saturated rings. The number of amidine groups is 1. The normalized spacial score (nSPS) is 16.2. The number of aromatic nitrogens is 1. The average molecular weight is 562 g/mol. The van der Waals surface area contributed by atoms with Gasteiger partial charge < -0.3 is 14.9 Å². The molecule has 1 aliphatic heterocycles. The van der Waals surface area contributed by atoms with Crippen LogP contribution >= 0.6 is 22.9 Å². The number of amides is 3. The number of anilines is 1. The lowest BCUT2D eigenvalue weighted by Gasteiger charge is -2.40. The van der Waals surface area contributed by atoms with E-state index in [9.17, 15) is 19.1 Å². The predicted octanol–water partition coefficient (Wildman–Crippen LogP) is 6.53. The van der Waals surface area contributed by atoms with Crippen molar-refractivity contribution >= 4 is 45.9 Å². The first-order valence-corrected chi connectivity index (χ1v) is 13.1. The number of hydrogen-bond acceptors (Lipinski definition) is 4. The van der Waals surface area contributed by atoms with E-state index in [1.165, 1.54) is 40.5 Å². The highest BCUT2D eigenvalue weighted by Crippen LogP contribution is 2.33. The minimum atomic E-state index is -1.07. The summed E-state index contributed by atoms with van der Waals surface area (Å²) in [6.45, 7) is 6.08. The van der Waals surface area contributed by atoms with Gasteiger partial charge in [-0.05, 0) is 31.0 Å². The second-order valence-corrected chi connectivity index (χ2v) is 10.4. The number of carbonyl (C=O) groups excluding carboxylic acids is 1. The first-order chi connectivity index (χ1) is 18.1. The quantitative estimate of drug-likeness (QED) is 0.279. The number of piperazine rings is 1. The third kappa shape index (κ3) is 5.78. The van der Waals surface area contributed by atoms with E-state index in [4.69, 9.17) is 11.6 Å². The molecule has 0 spiro atoms. The molecule has 2 N–H and O–H groups in total. The second kappa shape index (κ2) is 11.4. The molecule has 1 aliphatic rings. The monoisotopic (exact) mass is 561 g/mol. The van der Waals surface area contributed by atoms with Gasteiger partial charge >= 0.3 is 12.1 Å². The van der Waals surface area contributed by atoms with Gasteiger partial charge in [-0.15, -0.1) is 11.3 Å². The summed E-state index contributed by atoms with van der Waals surface area (Å²) in [5.74, 6) is -1.26. The Balaban J connectivity index is 1.76. The highest BCUT2D eigenvalue weighted by molar-refractivity contribution is 7.14. The number of benzene rings is 2. The Morgan fingerprint density at radius 1 is 1.18 bits per heavy atom. The zero-order chi connectivity index (χ0) is 27.6. The number of carbonyl (C=O) groups is 2. The van der Waals surface area contributed by atoms with Gasteiger partial charge in [0, 0.05) is 41.8 Å². The summed E-state index contributed by atoms with van der Waals surface area (Å²) in [5.41, 5.74) is 2.55. The molecule has 12 heteroatoms. The lowest BCUT2D eigenvalue weighted by Crippen LogP contribution is -2.55. The largest absolute Gasteiger partial charge is 0.465 e. The number of rotatable bonds is 4. The summed E-state index contributed by atoms with van der Waals surface area (Å²) in [6, 6.07) is 7.14. The van der Waals surface area contributed by atoms with Crippen molar-refractivity contribution in [2.75, 3.05) is 25.0 Å². The number of carboxylic acid groups (broad SMARTS) is 1. The summed E-state index contributed by atoms with van der Waals surface area (Å²) in [6.07, 6.45) is -1.07. The number of nitrogens with one attached hydrogen (secondary N) is 1. The van der Waals surface area contributed by atoms with Gasteiger partial charge in [0.05, 0.1) is 16.8 Å². The molecule has 1 aromatic heterocycles. The van der Waals surface area contributed by atoms with Crippen LogP contribution in [0.4, 0.5) is 23.4 Å². The fourth-order valence-electron chi connectivity index (χ4n) is 4.31. The molecule has 0 saturated carbocycles. The van der Waals surface area contributed by atoms with Crippen LogP contribution in [0.15, 0.2) is 46.9 Å². The number of thiazole rings is 1. The summed E-state index contributed by atoms with van der Waals surface area (Å²) in [5, 5.41) is 12.7. The van der Waals surface area contributed by atoms with Crippen LogP contribution in [0.5, 0.6) is 0 Å². The number of hydrogen-bond donors (Lipinski definition) is 2. The van der Waals surface area contributed by atoms with Gasteiger partial charge in [-0.1, -0.05) is 43.6 Å². The van der Waals surface area contributed by atoms with Crippen molar-refractivity contribution in [2.45, 2.75) is 32.7 Å². The summed E-state index contributed by atoms with van der Waals surface area (Å²) in [7, 11) is 0. The number of nitrogens with zero attached hydrogens (tertiary/aromatic N) is 4. The van der Waals surface area contributed by atoms with Crippen LogP contribution in [-0.2, 0) is 0 Å². The topological polar surface area (TPSA) is 98.1 Å². The number of halogens is 3. The summed E-state index contributed by atoms with van der Waals surface area (Å²) >= 11 is 7.75. The third-order valence-electron chi connectivity index (χ3n) is 6.20. The Kier molecular flexibility index (Phi) is 8.27. The van der Waals surface area contributed by atoms with Crippen molar-refractivity contribution in [2.24, 2.45) is 4.99 Å². The SMILES string of the molecule is CC(C)c1ncsc1NC(=O)N=C(c1cc(Cl)c(-c2ccccc2F)cc1F)N1CCN(C(=O)O)CC1C. The smallest absolute Gasteiger partial charge is 0.407 e. The van der Waals surface area contributed by atoms with Gasteiger partial charge in [0.25, 0.3) is 0 Å². The van der Waals surface area contributed by atoms with Gasteiger partial charge in [0.2, 0.25) is 0 Å². The van der Waals surface area contributed by atoms with E-state index in [1.807, 2.05) is 13.8 Å². The van der Waals surface area contributed by atoms with Crippen LogP contribution < -0.4 is 5.32 Å². The summed E-state index contributed by atoms with van der Waals surface area (Å²) in [4.78, 5) is 36.0. The predicted molar refractivity (Wildman–Crippen MR) is 144 cm³/mol. The fraction of sp³-hybridized carbons (Fsp3) is 0.308. The highest BCUT2D eigenvalue weighted by Gasteiger charge is 2.31. The maximum absolute atomic E-state index is 15.6. The van der Waals surface area contributed by atoms with Crippen molar-refractivity contribution in [1.29, 1.82) is 0 Å². The Bertz CT molecular complexity index is 1400. The average Bonchev–Trinajstić information content (AvgIpc) is 3.33. The van der Waals surface area contributed by atoms with Crippen molar-refractivity contribution in [1.82, 2.24) is 14.8 Å². The van der Waals surface area contributed by atoms with Gasteiger partial charge in [0.1, 0.15) is 22.5 Å². The maximum atomic E-state index is 15.6. The van der Waals surface area contributed by atoms with Gasteiger partial charge in [0.15, 0.2) is 0 Å². The fourth-order valence-corrected chi connectivity index (χ4v) is 5.40. The van der Waals surface area contributed by atoms with Gasteiger partial charge in [-0.3, -0.25) is 5.32 Å². The zero-order valence-electron chi connectivity index (χ0n) is 20.9. The molecule has 0 radical (unpaired) electrons. The minimum Gasteiger partial charge on any atom is -0.465 e. The van der Waals surface area contributed by atoms with Gasteiger partial charge in [-0.25, -0.2) is 23.4 Å². The molecule has 0 aliphatic carbocycles. The number of aliphatic imine (C=N–C) groups is 1. The molecule has 1 atom stereocenters. The molecule has 38 heavy (non-hydrogen) atoms. The Labute approximate surface area is 227 Å². The molecule has 8 nitrogen and oxygen atoms in total. The van der Waals surface area contributed by atoms with Crippen LogP contribution in [0.1, 0.15) is 37.9 Å². The van der Waals surface area contributed by atoms with Crippen molar-refractivity contribution in [3.8, 4) is 11.1 Å². The molecule has 3 amide bonds. The molecular formula is C26H26ClF2N5O3S. The van der Waals surface area contributed by atoms with E-state index in [0.29, 0.717) is 10.7 Å². The molecule has 2 aromatic carbocycles. The Hall–Kier alpha value is -3.57. The van der Waals surface area contributed by atoms with E-state index in [2.05, 4.69) is 15.3 Å². The molecule has 3 aromatic rings. The molecule has 0 bridgehead atoms. The van der Waals surface area contributed by atoms with Crippen LogP contribution in [0.25, 0.3) is 11.1 Å².